The largest absolute Gasteiger partial charge is 0.103 e. The molecule has 0 saturated heterocycles. The van der Waals surface area contributed by atoms with E-state index in [4.69, 9.17) is 0 Å². The fourth-order valence-electron chi connectivity index (χ4n) is 1.54. The predicted molar refractivity (Wildman–Crippen MR) is 65.1 cm³/mol. The summed E-state index contributed by atoms with van der Waals surface area (Å²) in [4.78, 5) is 1.40. The van der Waals surface area contributed by atoms with Gasteiger partial charge < -0.3 is 0 Å². The van der Waals surface area contributed by atoms with Gasteiger partial charge in [-0.2, -0.15) is 0 Å². The summed E-state index contributed by atoms with van der Waals surface area (Å²) in [6.07, 6.45) is 3.37. The number of aryl methyl sites for hydroxylation is 1. The molecule has 1 aliphatic heterocycles. The Morgan fingerprint density at radius 1 is 1.21 bits per heavy atom. The van der Waals surface area contributed by atoms with Gasteiger partial charge in [-0.15, -0.1) is 11.8 Å². The molecule has 1 heteroatoms. The maximum absolute atomic E-state index is 2.29. The van der Waals surface area contributed by atoms with E-state index >= 15 is 0 Å². The van der Waals surface area contributed by atoms with E-state index < -0.39 is 0 Å². The van der Waals surface area contributed by atoms with Gasteiger partial charge in [0.2, 0.25) is 0 Å². The van der Waals surface area contributed by atoms with Gasteiger partial charge in [0.05, 0.1) is 0 Å². The molecule has 1 aliphatic rings. The van der Waals surface area contributed by atoms with Crippen LogP contribution >= 0.6 is 11.8 Å². The average molecular weight is 202 g/mol. The van der Waals surface area contributed by atoms with E-state index in [1.807, 2.05) is 11.8 Å². The minimum absolute atomic E-state index is 1.07. The van der Waals surface area contributed by atoms with Crippen LogP contribution in [0.15, 0.2) is 40.7 Å². The lowest BCUT2D eigenvalue weighted by Gasteiger charge is -2.11. The molecular formula is C13H14S. The van der Waals surface area contributed by atoms with Crippen molar-refractivity contribution in [2.75, 3.05) is 0 Å². The van der Waals surface area contributed by atoms with Gasteiger partial charge in [0, 0.05) is 0 Å². The molecule has 0 aliphatic carbocycles. The number of allylic oxidation sites excluding steroid dienone is 3. The van der Waals surface area contributed by atoms with Gasteiger partial charge in [0.15, 0.2) is 0 Å². The van der Waals surface area contributed by atoms with Crippen LogP contribution in [0.4, 0.5) is 0 Å². The highest BCUT2D eigenvalue weighted by Gasteiger charge is 2.05. The molecule has 14 heavy (non-hydrogen) atoms. The summed E-state index contributed by atoms with van der Waals surface area (Å²) in [5, 5.41) is 2.27. The van der Waals surface area contributed by atoms with Gasteiger partial charge >= 0.3 is 0 Å². The molecule has 0 unspecified atom stereocenters. The number of thioether (sulfide) groups is 1. The zero-order valence-electron chi connectivity index (χ0n) is 8.58. The van der Waals surface area contributed by atoms with Crippen LogP contribution in [0, 0.1) is 6.92 Å². The molecule has 0 amide bonds. The molecule has 0 bridgehead atoms. The van der Waals surface area contributed by atoms with Crippen LogP contribution in [0.3, 0.4) is 0 Å². The first-order valence-electron chi connectivity index (χ1n) is 4.85. The maximum atomic E-state index is 2.29. The van der Waals surface area contributed by atoms with Crippen molar-refractivity contribution in [3.63, 3.8) is 0 Å². The highest BCUT2D eigenvalue weighted by Crippen LogP contribution is 2.32. The van der Waals surface area contributed by atoms with E-state index in [1.54, 1.807) is 0 Å². The lowest BCUT2D eigenvalue weighted by atomic mass is 10.0. The van der Waals surface area contributed by atoms with Gasteiger partial charge in [-0.1, -0.05) is 35.9 Å². The second-order valence-electron chi connectivity index (χ2n) is 3.65. The van der Waals surface area contributed by atoms with E-state index in [-0.39, 0.29) is 0 Å². The normalized spacial score (nSPS) is 16.1. The first kappa shape index (κ1) is 9.60. The third-order valence-corrected chi connectivity index (χ3v) is 3.33. The number of rotatable bonds is 1. The molecule has 0 spiro atoms. The molecular weight excluding hydrogens is 188 g/mol. The Balaban J connectivity index is 2.25. The standard InChI is InChI=1S/C13H14S/c1-10-4-3-5-12(8-10)13-7-6-11(2)14-9-13/h3-6,8-9H,7H2,1-2H3. The Bertz CT molecular complexity index is 399. The molecule has 1 aromatic carbocycles. The molecule has 1 aromatic rings. The van der Waals surface area contributed by atoms with Crippen molar-refractivity contribution in [2.45, 2.75) is 20.3 Å². The van der Waals surface area contributed by atoms with Gasteiger partial charge in [0.25, 0.3) is 0 Å². The molecule has 72 valence electrons. The van der Waals surface area contributed by atoms with E-state index in [9.17, 15) is 0 Å². The van der Waals surface area contributed by atoms with Gasteiger partial charge in [-0.05, 0) is 41.7 Å². The summed E-state index contributed by atoms with van der Waals surface area (Å²) >= 11 is 1.83. The Morgan fingerprint density at radius 3 is 2.71 bits per heavy atom. The molecule has 0 N–H and O–H groups in total. The van der Waals surface area contributed by atoms with E-state index in [0.717, 1.165) is 6.42 Å². The first-order chi connectivity index (χ1) is 6.75. The van der Waals surface area contributed by atoms with Crippen LogP contribution in [-0.2, 0) is 0 Å². The van der Waals surface area contributed by atoms with Crippen LogP contribution in [-0.4, -0.2) is 0 Å². The van der Waals surface area contributed by atoms with Crippen molar-refractivity contribution in [1.29, 1.82) is 0 Å². The fraction of sp³-hybridized carbons (Fsp3) is 0.231. The lowest BCUT2D eigenvalue weighted by Crippen LogP contribution is -1.87. The third kappa shape index (κ3) is 2.10. The molecule has 0 fully saturated rings. The van der Waals surface area contributed by atoms with Crippen LogP contribution in [0.1, 0.15) is 24.5 Å². The molecule has 0 saturated carbocycles. The van der Waals surface area contributed by atoms with Crippen molar-refractivity contribution >= 4 is 17.3 Å². The van der Waals surface area contributed by atoms with Crippen LogP contribution < -0.4 is 0 Å². The van der Waals surface area contributed by atoms with Crippen LogP contribution in [0.5, 0.6) is 0 Å². The monoisotopic (exact) mass is 202 g/mol. The van der Waals surface area contributed by atoms with Crippen molar-refractivity contribution < 1.29 is 0 Å². The molecule has 0 nitrogen and oxygen atoms in total. The zero-order chi connectivity index (χ0) is 9.97. The van der Waals surface area contributed by atoms with Crippen LogP contribution in [0.25, 0.3) is 5.57 Å². The van der Waals surface area contributed by atoms with Gasteiger partial charge in [-0.25, -0.2) is 0 Å². The van der Waals surface area contributed by atoms with Gasteiger partial charge in [0.1, 0.15) is 0 Å². The molecule has 0 atom stereocenters. The minimum atomic E-state index is 1.07. The van der Waals surface area contributed by atoms with E-state index in [2.05, 4.69) is 49.6 Å². The smallest absolute Gasteiger partial charge is 0.00754 e. The van der Waals surface area contributed by atoms with Crippen molar-refractivity contribution in [1.82, 2.24) is 0 Å². The Hall–Kier alpha value is -0.950. The van der Waals surface area contributed by atoms with Crippen molar-refractivity contribution in [3.8, 4) is 0 Å². The maximum Gasteiger partial charge on any atom is -0.00754 e. The third-order valence-electron chi connectivity index (χ3n) is 2.39. The summed E-state index contributed by atoms with van der Waals surface area (Å²) in [5.74, 6) is 0. The average Bonchev–Trinajstić information content (AvgIpc) is 2.19. The highest BCUT2D eigenvalue weighted by atomic mass is 32.2. The second kappa shape index (κ2) is 4.05. The molecule has 0 radical (unpaired) electrons. The highest BCUT2D eigenvalue weighted by molar-refractivity contribution is 8.06. The molecule has 1 heterocycles. The van der Waals surface area contributed by atoms with Crippen molar-refractivity contribution in [2.24, 2.45) is 0 Å². The lowest BCUT2D eigenvalue weighted by molar-refractivity contribution is 1.34. The van der Waals surface area contributed by atoms with E-state index in [1.165, 1.54) is 21.6 Å². The summed E-state index contributed by atoms with van der Waals surface area (Å²) in [6.45, 7) is 4.30. The minimum Gasteiger partial charge on any atom is -0.103 e. The summed E-state index contributed by atoms with van der Waals surface area (Å²) < 4.78 is 0. The van der Waals surface area contributed by atoms with Gasteiger partial charge in [-0.3, -0.25) is 0 Å². The number of benzene rings is 1. The SMILES string of the molecule is CC1=CCC(c2cccc(C)c2)=CS1. The summed E-state index contributed by atoms with van der Waals surface area (Å²) in [5.41, 5.74) is 4.13. The second-order valence-corrected chi connectivity index (χ2v) is 4.76. The predicted octanol–water partition coefficient (Wildman–Crippen LogP) is 4.38. The molecule has 0 aromatic heterocycles. The summed E-state index contributed by atoms with van der Waals surface area (Å²) in [6, 6.07) is 8.71. The Morgan fingerprint density at radius 2 is 2.07 bits per heavy atom. The summed E-state index contributed by atoms with van der Waals surface area (Å²) in [7, 11) is 0. The molecule has 2 rings (SSSR count). The Kier molecular flexibility index (Phi) is 2.78. The topological polar surface area (TPSA) is 0 Å². The fourth-order valence-corrected chi connectivity index (χ4v) is 2.28. The quantitative estimate of drug-likeness (QED) is 0.651. The van der Waals surface area contributed by atoms with E-state index in [0.29, 0.717) is 0 Å². The van der Waals surface area contributed by atoms with Crippen LogP contribution in [0.2, 0.25) is 0 Å². The first-order valence-corrected chi connectivity index (χ1v) is 5.73. The number of hydrogen-bond donors (Lipinski definition) is 0. The van der Waals surface area contributed by atoms with Crippen molar-refractivity contribution in [3.05, 3.63) is 51.8 Å². The number of hydrogen-bond acceptors (Lipinski definition) is 1. The Labute approximate surface area is 89.7 Å². The zero-order valence-corrected chi connectivity index (χ0v) is 9.40.